The Morgan fingerprint density at radius 2 is 1.59 bits per heavy atom. The van der Waals surface area contributed by atoms with Crippen molar-refractivity contribution in [1.82, 2.24) is 0 Å². The Morgan fingerprint density at radius 3 is 2.07 bits per heavy atom. The lowest BCUT2D eigenvalue weighted by Gasteiger charge is -2.48. The van der Waals surface area contributed by atoms with E-state index in [9.17, 15) is 15.0 Å². The van der Waals surface area contributed by atoms with Gasteiger partial charge in [-0.05, 0) is 45.7 Å². The van der Waals surface area contributed by atoms with Crippen LogP contribution in [0, 0.1) is 6.92 Å². The summed E-state index contributed by atoms with van der Waals surface area (Å²) in [7, 11) is 0. The van der Waals surface area contributed by atoms with Crippen molar-refractivity contribution in [2.24, 2.45) is 0 Å². The largest absolute Gasteiger partial charge is 0.544 e. The molecular weight excluding hydrogens is 362 g/mol. The van der Waals surface area contributed by atoms with Gasteiger partial charge in [0.1, 0.15) is 6.54 Å². The average molecular weight is 398 g/mol. The van der Waals surface area contributed by atoms with E-state index >= 15 is 0 Å². The molecule has 0 saturated carbocycles. The average Bonchev–Trinajstić information content (AvgIpc) is 2.68. The summed E-state index contributed by atoms with van der Waals surface area (Å²) in [5, 5.41) is 22.3. The Labute approximate surface area is 175 Å². The molecule has 2 rings (SSSR count). The zero-order valence-corrected chi connectivity index (χ0v) is 18.4. The fraction of sp³-hybridized carbons (Fsp3) is 0.480. The number of carbonyl (C=O) groups is 1. The molecule has 158 valence electrons. The Bertz CT molecular complexity index is 793. The zero-order valence-electron chi connectivity index (χ0n) is 18.4. The van der Waals surface area contributed by atoms with E-state index in [-0.39, 0.29) is 25.2 Å². The molecule has 1 N–H and O–H groups in total. The molecule has 4 nitrogen and oxygen atoms in total. The van der Waals surface area contributed by atoms with E-state index in [2.05, 4.69) is 65.0 Å². The molecule has 29 heavy (non-hydrogen) atoms. The van der Waals surface area contributed by atoms with Gasteiger partial charge in [0.25, 0.3) is 0 Å². The van der Waals surface area contributed by atoms with Crippen LogP contribution < -0.4 is 5.11 Å². The van der Waals surface area contributed by atoms with Crippen LogP contribution in [0.15, 0.2) is 54.6 Å². The minimum atomic E-state index is -1.03. The van der Waals surface area contributed by atoms with Crippen LogP contribution in [0.3, 0.4) is 0 Å². The molecule has 0 amide bonds. The van der Waals surface area contributed by atoms with Gasteiger partial charge in [-0.15, -0.1) is 0 Å². The number of aliphatic hydroxyl groups excluding tert-OH is 1. The lowest BCUT2D eigenvalue weighted by molar-refractivity contribution is -0.962. The maximum atomic E-state index is 11.6. The number of carboxylic acids is 1. The van der Waals surface area contributed by atoms with Crippen LogP contribution in [0.25, 0.3) is 0 Å². The van der Waals surface area contributed by atoms with Crippen LogP contribution in [0.5, 0.6) is 0 Å². The molecule has 0 aromatic heterocycles. The first-order valence-electron chi connectivity index (χ1n) is 10.5. The molecule has 1 unspecified atom stereocenters. The van der Waals surface area contributed by atoms with Crippen molar-refractivity contribution < 1.29 is 19.5 Å². The quantitative estimate of drug-likeness (QED) is 0.627. The van der Waals surface area contributed by atoms with Gasteiger partial charge in [0.05, 0.1) is 31.2 Å². The fourth-order valence-electron chi connectivity index (χ4n) is 4.61. The highest BCUT2D eigenvalue weighted by molar-refractivity contribution is 5.65. The van der Waals surface area contributed by atoms with Gasteiger partial charge in [-0.2, -0.15) is 0 Å². The second-order valence-corrected chi connectivity index (χ2v) is 8.77. The van der Waals surface area contributed by atoms with Crippen LogP contribution in [0.2, 0.25) is 0 Å². The van der Waals surface area contributed by atoms with Crippen molar-refractivity contribution in [2.45, 2.75) is 58.5 Å². The minimum absolute atomic E-state index is 0.0283. The molecule has 1 atom stereocenters. The van der Waals surface area contributed by atoms with Crippen molar-refractivity contribution >= 4 is 5.97 Å². The SMILES string of the molecule is Cc1cccc(C(CO)(CC[N+](CC(=O)[O-])(C(C)C)C(C)C)c2ccccc2)c1. The van der Waals surface area contributed by atoms with Crippen molar-refractivity contribution in [1.29, 1.82) is 0 Å². The number of nitrogens with zero attached hydrogens (tertiary/aromatic N) is 1. The molecule has 0 aliphatic rings. The van der Waals surface area contributed by atoms with Crippen LogP contribution >= 0.6 is 0 Å². The van der Waals surface area contributed by atoms with Crippen LogP contribution in [0.1, 0.15) is 50.8 Å². The fourth-order valence-corrected chi connectivity index (χ4v) is 4.61. The van der Waals surface area contributed by atoms with E-state index in [4.69, 9.17) is 0 Å². The molecule has 0 bridgehead atoms. The summed E-state index contributed by atoms with van der Waals surface area (Å²) in [5.74, 6) is -1.03. The third kappa shape index (κ3) is 4.88. The van der Waals surface area contributed by atoms with Crippen molar-refractivity contribution in [2.75, 3.05) is 19.7 Å². The van der Waals surface area contributed by atoms with Crippen molar-refractivity contribution in [3.05, 3.63) is 71.3 Å². The first-order valence-corrected chi connectivity index (χ1v) is 10.5. The maximum Gasteiger partial charge on any atom is 0.119 e. The smallest absolute Gasteiger partial charge is 0.119 e. The van der Waals surface area contributed by atoms with Crippen LogP contribution in [-0.4, -0.2) is 47.3 Å². The van der Waals surface area contributed by atoms with E-state index in [0.29, 0.717) is 17.4 Å². The molecule has 0 radical (unpaired) electrons. The summed E-state index contributed by atoms with van der Waals surface area (Å²) in [5.41, 5.74) is 2.66. The van der Waals surface area contributed by atoms with Gasteiger partial charge >= 0.3 is 0 Å². The minimum Gasteiger partial charge on any atom is -0.544 e. The molecule has 0 fully saturated rings. The monoisotopic (exact) mass is 397 g/mol. The summed E-state index contributed by atoms with van der Waals surface area (Å²) in [6, 6.07) is 18.6. The Kier molecular flexibility index (Phi) is 7.61. The standard InChI is InChI=1S/C25H35NO3/c1-19(2)26(20(3)4,17-24(28)29)15-14-25(18-27,22-11-7-6-8-12-22)23-13-9-10-21(5)16-23/h6-13,16,19-20,27H,14-15,17-18H2,1-5H3. The number of quaternary nitrogens is 1. The maximum absolute atomic E-state index is 11.6. The summed E-state index contributed by atoms with van der Waals surface area (Å²) in [4.78, 5) is 11.6. The first-order chi connectivity index (χ1) is 13.7. The topological polar surface area (TPSA) is 60.4 Å². The lowest BCUT2D eigenvalue weighted by atomic mass is 9.72. The van der Waals surface area contributed by atoms with E-state index in [0.717, 1.165) is 16.7 Å². The highest BCUT2D eigenvalue weighted by Crippen LogP contribution is 2.37. The summed E-state index contributed by atoms with van der Waals surface area (Å²) in [6.45, 7) is 10.9. The van der Waals surface area contributed by atoms with Gasteiger partial charge in [-0.3, -0.25) is 0 Å². The number of carboxylic acid groups (broad SMARTS) is 1. The molecular formula is C25H35NO3. The number of rotatable bonds is 10. The Morgan fingerprint density at radius 1 is 1.00 bits per heavy atom. The predicted octanol–water partition coefficient (Wildman–Crippen LogP) is 3.05. The third-order valence-corrected chi connectivity index (χ3v) is 6.60. The Hall–Kier alpha value is -2.17. The predicted molar refractivity (Wildman–Crippen MR) is 115 cm³/mol. The molecule has 2 aromatic rings. The van der Waals surface area contributed by atoms with Crippen LogP contribution in [0.4, 0.5) is 0 Å². The third-order valence-electron chi connectivity index (χ3n) is 6.60. The van der Waals surface area contributed by atoms with Gasteiger partial charge in [0.15, 0.2) is 0 Å². The normalized spacial score (nSPS) is 14.2. The molecule has 0 heterocycles. The molecule has 4 heteroatoms. The lowest BCUT2D eigenvalue weighted by Crippen LogP contribution is -2.63. The number of hydrogen-bond donors (Lipinski definition) is 1. The first kappa shape index (κ1) is 23.1. The van der Waals surface area contributed by atoms with Crippen molar-refractivity contribution in [3.63, 3.8) is 0 Å². The second kappa shape index (κ2) is 9.55. The van der Waals surface area contributed by atoms with Crippen LogP contribution in [-0.2, 0) is 10.2 Å². The van der Waals surface area contributed by atoms with Gasteiger partial charge in [0.2, 0.25) is 0 Å². The number of aryl methyl sites for hydroxylation is 1. The van der Waals surface area contributed by atoms with E-state index in [1.807, 2.05) is 24.3 Å². The van der Waals surface area contributed by atoms with Crippen molar-refractivity contribution in [3.8, 4) is 0 Å². The second-order valence-electron chi connectivity index (χ2n) is 8.77. The molecule has 0 spiro atoms. The molecule has 2 aromatic carbocycles. The zero-order chi connectivity index (χ0) is 21.7. The number of benzene rings is 2. The van der Waals surface area contributed by atoms with E-state index < -0.39 is 11.4 Å². The molecule has 0 aliphatic carbocycles. The van der Waals surface area contributed by atoms with E-state index in [1.165, 1.54) is 0 Å². The number of aliphatic carboxylic acids is 1. The van der Waals surface area contributed by atoms with Gasteiger partial charge in [-0.1, -0.05) is 60.2 Å². The number of hydrogen-bond acceptors (Lipinski definition) is 3. The van der Waals surface area contributed by atoms with Gasteiger partial charge in [-0.25, -0.2) is 0 Å². The van der Waals surface area contributed by atoms with E-state index in [1.54, 1.807) is 0 Å². The summed E-state index contributed by atoms with van der Waals surface area (Å²) in [6.07, 6.45) is 0.639. The highest BCUT2D eigenvalue weighted by Gasteiger charge is 2.41. The molecule has 0 aliphatic heterocycles. The number of aliphatic hydroxyl groups is 1. The summed E-state index contributed by atoms with van der Waals surface area (Å²) >= 11 is 0. The van der Waals surface area contributed by atoms with Gasteiger partial charge in [0, 0.05) is 11.8 Å². The Balaban J connectivity index is 2.56. The number of carbonyl (C=O) groups excluding carboxylic acids is 1. The highest BCUT2D eigenvalue weighted by atomic mass is 16.4. The summed E-state index contributed by atoms with van der Waals surface area (Å²) < 4.78 is 0.419. The van der Waals surface area contributed by atoms with Gasteiger partial charge < -0.3 is 19.5 Å². The molecule has 0 saturated heterocycles.